The smallest absolute Gasteiger partial charge is 0.347 e. The highest BCUT2D eigenvalue weighted by Gasteiger charge is 2.37. The Morgan fingerprint density at radius 3 is 2.77 bits per heavy atom. The van der Waals surface area contributed by atoms with Crippen molar-refractivity contribution in [3.8, 4) is 0 Å². The molecule has 3 nitrogen and oxygen atoms in total. The van der Waals surface area contributed by atoms with E-state index in [9.17, 15) is 13.2 Å². The summed E-state index contributed by atoms with van der Waals surface area (Å²) in [6, 6.07) is 6.24. The lowest BCUT2D eigenvalue weighted by Gasteiger charge is -2.17. The van der Waals surface area contributed by atoms with Gasteiger partial charge in [-0.2, -0.15) is 13.2 Å². The van der Waals surface area contributed by atoms with Gasteiger partial charge < -0.3 is 4.90 Å². The maximum atomic E-state index is 13.1. The summed E-state index contributed by atoms with van der Waals surface area (Å²) < 4.78 is 40.3. The Kier molecular flexibility index (Phi) is 2.87. The lowest BCUT2D eigenvalue weighted by atomic mass is 10.0. The van der Waals surface area contributed by atoms with Crippen LogP contribution in [-0.4, -0.2) is 9.97 Å². The summed E-state index contributed by atoms with van der Waals surface area (Å²) in [6.45, 7) is 0.651. The number of hydrogen-bond donors (Lipinski definition) is 0. The first kappa shape index (κ1) is 13.5. The predicted octanol–water partition coefficient (Wildman–Crippen LogP) is 4.23. The van der Waals surface area contributed by atoms with E-state index in [1.807, 2.05) is 16.3 Å². The average molecular weight is 321 g/mol. The maximum Gasteiger partial charge on any atom is 0.416 e. The van der Waals surface area contributed by atoms with E-state index in [2.05, 4.69) is 9.97 Å². The Hall–Kier alpha value is -2.15. The van der Waals surface area contributed by atoms with E-state index in [1.54, 1.807) is 6.07 Å². The monoisotopic (exact) mass is 321 g/mol. The summed E-state index contributed by atoms with van der Waals surface area (Å²) in [5.41, 5.74) is 1.32. The molecule has 0 fully saturated rings. The van der Waals surface area contributed by atoms with Crippen LogP contribution in [0.15, 0.2) is 36.0 Å². The summed E-state index contributed by atoms with van der Waals surface area (Å²) in [5, 5.41) is 1.91. The Morgan fingerprint density at radius 2 is 1.95 bits per heavy atom. The van der Waals surface area contributed by atoms with Gasteiger partial charge in [-0.1, -0.05) is 12.1 Å². The molecule has 0 N–H and O–H groups in total. The van der Waals surface area contributed by atoms with Crippen LogP contribution in [0.4, 0.5) is 19.0 Å². The minimum absolute atomic E-state index is 0.217. The van der Waals surface area contributed by atoms with Gasteiger partial charge in [0.15, 0.2) is 5.82 Å². The van der Waals surface area contributed by atoms with Gasteiger partial charge in [0.2, 0.25) is 0 Å². The minimum Gasteiger partial charge on any atom is -0.347 e. The predicted molar refractivity (Wildman–Crippen MR) is 78.7 cm³/mol. The Bertz CT molecular complexity index is 857. The van der Waals surface area contributed by atoms with Crippen LogP contribution in [0, 0.1) is 0 Å². The molecule has 4 rings (SSSR count). The van der Waals surface area contributed by atoms with E-state index in [0.29, 0.717) is 23.5 Å². The van der Waals surface area contributed by atoms with Crippen LogP contribution in [0.2, 0.25) is 0 Å². The molecule has 2 aromatic heterocycles. The molecule has 1 aliphatic rings. The van der Waals surface area contributed by atoms with Crippen molar-refractivity contribution >= 4 is 27.4 Å². The van der Waals surface area contributed by atoms with E-state index in [-0.39, 0.29) is 6.54 Å². The number of nitrogens with zero attached hydrogens (tertiary/aromatic N) is 3. The molecule has 0 saturated heterocycles. The van der Waals surface area contributed by atoms with Gasteiger partial charge in [-0.05, 0) is 28.6 Å². The van der Waals surface area contributed by atoms with E-state index in [4.69, 9.17) is 0 Å². The quantitative estimate of drug-likeness (QED) is 0.671. The Morgan fingerprint density at radius 1 is 1.09 bits per heavy atom. The first-order chi connectivity index (χ1) is 10.5. The van der Waals surface area contributed by atoms with Crippen LogP contribution in [0.3, 0.4) is 0 Å². The van der Waals surface area contributed by atoms with Crippen LogP contribution in [-0.2, 0) is 19.3 Å². The van der Waals surface area contributed by atoms with E-state index in [0.717, 1.165) is 16.3 Å². The summed E-state index contributed by atoms with van der Waals surface area (Å²) in [7, 11) is 0. The summed E-state index contributed by atoms with van der Waals surface area (Å²) >= 11 is 1.50. The third-order valence-corrected chi connectivity index (χ3v) is 4.71. The first-order valence-corrected chi connectivity index (χ1v) is 7.53. The number of aromatic nitrogens is 2. The molecule has 1 aromatic carbocycles. The van der Waals surface area contributed by atoms with Crippen molar-refractivity contribution in [2.45, 2.75) is 19.3 Å². The van der Waals surface area contributed by atoms with Gasteiger partial charge in [-0.3, -0.25) is 0 Å². The van der Waals surface area contributed by atoms with Gasteiger partial charge in [0.25, 0.3) is 0 Å². The zero-order chi connectivity index (χ0) is 15.3. The number of halogens is 3. The van der Waals surface area contributed by atoms with Crippen LogP contribution in [0.5, 0.6) is 0 Å². The number of fused-ring (bicyclic) bond motifs is 2. The minimum atomic E-state index is -4.33. The normalized spacial score (nSPS) is 14.6. The van der Waals surface area contributed by atoms with Gasteiger partial charge in [-0.15, -0.1) is 11.3 Å². The molecule has 0 saturated carbocycles. The molecule has 7 heteroatoms. The molecule has 0 unspecified atom stereocenters. The van der Waals surface area contributed by atoms with Gasteiger partial charge in [-0.25, -0.2) is 9.97 Å². The first-order valence-electron chi connectivity index (χ1n) is 6.65. The molecule has 0 atom stereocenters. The van der Waals surface area contributed by atoms with Gasteiger partial charge in [0.05, 0.1) is 15.8 Å². The highest BCUT2D eigenvalue weighted by atomic mass is 32.1. The van der Waals surface area contributed by atoms with Crippen LogP contribution >= 0.6 is 11.3 Å². The number of thiophene rings is 1. The Balaban J connectivity index is 1.78. The highest BCUT2D eigenvalue weighted by Crippen LogP contribution is 2.39. The molecule has 0 bridgehead atoms. The highest BCUT2D eigenvalue weighted by molar-refractivity contribution is 7.17. The standard InChI is InChI=1S/C15H10F3N3S/c16-15(17,18)11-3-1-2-9-6-21(7-10(9)11)14-13-12(4-5-22-13)19-8-20-14/h1-5,8H,6-7H2. The molecule has 1 aliphatic heterocycles. The van der Waals surface area contributed by atoms with Crippen molar-refractivity contribution in [2.24, 2.45) is 0 Å². The van der Waals surface area contributed by atoms with Crippen molar-refractivity contribution in [1.82, 2.24) is 9.97 Å². The van der Waals surface area contributed by atoms with Crippen LogP contribution in [0.25, 0.3) is 10.2 Å². The molecule has 0 aliphatic carbocycles. The number of hydrogen-bond acceptors (Lipinski definition) is 4. The number of alkyl halides is 3. The zero-order valence-electron chi connectivity index (χ0n) is 11.3. The molecule has 0 amide bonds. The average Bonchev–Trinajstić information content (AvgIpc) is 3.11. The number of benzene rings is 1. The second-order valence-corrected chi connectivity index (χ2v) is 6.05. The molecule has 0 radical (unpaired) electrons. The van der Waals surface area contributed by atoms with Crippen molar-refractivity contribution in [2.75, 3.05) is 4.90 Å². The lowest BCUT2D eigenvalue weighted by Crippen LogP contribution is -2.17. The molecule has 0 spiro atoms. The molecule has 3 aromatic rings. The SMILES string of the molecule is FC(F)(F)c1cccc2c1CN(c1ncnc3ccsc13)C2. The number of rotatable bonds is 1. The molecular weight excluding hydrogens is 311 g/mol. The fourth-order valence-electron chi connectivity index (χ4n) is 2.84. The topological polar surface area (TPSA) is 29.0 Å². The van der Waals surface area contributed by atoms with Gasteiger partial charge in [0, 0.05) is 13.1 Å². The van der Waals surface area contributed by atoms with Crippen LogP contribution < -0.4 is 4.90 Å². The van der Waals surface area contributed by atoms with Crippen molar-refractivity contribution < 1.29 is 13.2 Å². The van der Waals surface area contributed by atoms with Crippen LogP contribution in [0.1, 0.15) is 16.7 Å². The summed E-state index contributed by atoms with van der Waals surface area (Å²) in [6.07, 6.45) is -2.87. The summed E-state index contributed by atoms with van der Waals surface area (Å²) in [5.74, 6) is 0.698. The maximum absolute atomic E-state index is 13.1. The third kappa shape index (κ3) is 2.04. The molecule has 112 valence electrons. The largest absolute Gasteiger partial charge is 0.416 e. The van der Waals surface area contributed by atoms with E-state index in [1.165, 1.54) is 23.7 Å². The molecular formula is C15H10F3N3S. The van der Waals surface area contributed by atoms with Crippen molar-refractivity contribution in [3.05, 3.63) is 52.7 Å². The number of anilines is 1. The third-order valence-electron chi connectivity index (χ3n) is 3.81. The zero-order valence-corrected chi connectivity index (χ0v) is 12.1. The van der Waals surface area contributed by atoms with Crippen molar-refractivity contribution in [1.29, 1.82) is 0 Å². The van der Waals surface area contributed by atoms with E-state index >= 15 is 0 Å². The van der Waals surface area contributed by atoms with Gasteiger partial charge in [0.1, 0.15) is 6.33 Å². The fourth-order valence-corrected chi connectivity index (χ4v) is 3.70. The summed E-state index contributed by atoms with van der Waals surface area (Å²) in [4.78, 5) is 10.3. The molecule has 22 heavy (non-hydrogen) atoms. The second kappa shape index (κ2) is 4.67. The Labute approximate surface area is 128 Å². The van der Waals surface area contributed by atoms with Gasteiger partial charge >= 0.3 is 6.18 Å². The second-order valence-electron chi connectivity index (χ2n) is 5.13. The van der Waals surface area contributed by atoms with E-state index < -0.39 is 11.7 Å². The van der Waals surface area contributed by atoms with Crippen molar-refractivity contribution in [3.63, 3.8) is 0 Å². The fraction of sp³-hybridized carbons (Fsp3) is 0.200. The lowest BCUT2D eigenvalue weighted by molar-refractivity contribution is -0.138. The molecule has 3 heterocycles.